The summed E-state index contributed by atoms with van der Waals surface area (Å²) in [5.41, 5.74) is 11.1. The quantitative estimate of drug-likeness (QED) is 0.589. The summed E-state index contributed by atoms with van der Waals surface area (Å²) < 4.78 is 0. The van der Waals surface area contributed by atoms with Crippen LogP contribution in [0.1, 0.15) is 26.7 Å². The Labute approximate surface area is 88.5 Å². The van der Waals surface area contributed by atoms with E-state index in [9.17, 15) is 0 Å². The SMILES string of the molecule is CCCC(C)Sc1nc(N)cc(N)n1. The van der Waals surface area contributed by atoms with Crippen LogP contribution in [0.2, 0.25) is 0 Å². The van der Waals surface area contributed by atoms with Gasteiger partial charge in [-0.3, -0.25) is 0 Å². The van der Waals surface area contributed by atoms with E-state index in [2.05, 4.69) is 23.8 Å². The van der Waals surface area contributed by atoms with Crippen LogP contribution in [0, 0.1) is 0 Å². The Morgan fingerprint density at radius 1 is 1.36 bits per heavy atom. The third-order valence-electron chi connectivity index (χ3n) is 1.75. The van der Waals surface area contributed by atoms with Gasteiger partial charge in [-0.05, 0) is 6.42 Å². The van der Waals surface area contributed by atoms with E-state index in [1.807, 2.05) is 0 Å². The van der Waals surface area contributed by atoms with Crippen LogP contribution in [0.15, 0.2) is 11.2 Å². The summed E-state index contributed by atoms with van der Waals surface area (Å²) in [6.45, 7) is 4.31. The van der Waals surface area contributed by atoms with Gasteiger partial charge in [0.05, 0.1) is 0 Å². The van der Waals surface area contributed by atoms with Gasteiger partial charge in [-0.1, -0.05) is 32.0 Å². The highest BCUT2D eigenvalue weighted by atomic mass is 32.2. The molecule has 0 saturated heterocycles. The molecule has 4 nitrogen and oxygen atoms in total. The van der Waals surface area contributed by atoms with Gasteiger partial charge in [0, 0.05) is 11.3 Å². The smallest absolute Gasteiger partial charge is 0.191 e. The normalized spacial score (nSPS) is 12.7. The maximum atomic E-state index is 5.56. The molecule has 1 atom stereocenters. The average molecular weight is 212 g/mol. The Bertz CT molecular complexity index is 283. The molecule has 14 heavy (non-hydrogen) atoms. The number of nitrogens with zero attached hydrogens (tertiary/aromatic N) is 2. The molecule has 0 aliphatic rings. The zero-order chi connectivity index (χ0) is 10.6. The van der Waals surface area contributed by atoms with Gasteiger partial charge in [0.1, 0.15) is 11.6 Å². The predicted molar refractivity (Wildman–Crippen MR) is 61.1 cm³/mol. The molecule has 1 unspecified atom stereocenters. The number of anilines is 2. The van der Waals surface area contributed by atoms with Crippen LogP contribution >= 0.6 is 11.8 Å². The van der Waals surface area contributed by atoms with Gasteiger partial charge >= 0.3 is 0 Å². The molecule has 0 aromatic carbocycles. The van der Waals surface area contributed by atoms with Crippen LogP contribution in [-0.4, -0.2) is 15.2 Å². The molecule has 4 N–H and O–H groups in total. The van der Waals surface area contributed by atoms with E-state index in [0.717, 1.165) is 12.8 Å². The number of thioether (sulfide) groups is 1. The Morgan fingerprint density at radius 2 is 1.93 bits per heavy atom. The molecule has 78 valence electrons. The minimum absolute atomic E-state index is 0.434. The second kappa shape index (κ2) is 5.05. The molecule has 0 fully saturated rings. The topological polar surface area (TPSA) is 77.8 Å². The highest BCUT2D eigenvalue weighted by molar-refractivity contribution is 7.99. The van der Waals surface area contributed by atoms with Crippen molar-refractivity contribution in [1.29, 1.82) is 0 Å². The van der Waals surface area contributed by atoms with Gasteiger partial charge in [0.2, 0.25) is 0 Å². The molecule has 1 aromatic rings. The molecule has 0 aliphatic heterocycles. The predicted octanol–water partition coefficient (Wildman–Crippen LogP) is 1.92. The summed E-state index contributed by atoms with van der Waals surface area (Å²) in [6.07, 6.45) is 2.30. The molecule has 0 saturated carbocycles. The summed E-state index contributed by atoms with van der Waals surface area (Å²) in [6, 6.07) is 1.56. The van der Waals surface area contributed by atoms with E-state index in [1.165, 1.54) is 0 Å². The van der Waals surface area contributed by atoms with Crippen molar-refractivity contribution in [2.45, 2.75) is 37.1 Å². The van der Waals surface area contributed by atoms with Gasteiger partial charge in [0.15, 0.2) is 5.16 Å². The molecule has 5 heteroatoms. The van der Waals surface area contributed by atoms with Gasteiger partial charge in [-0.25, -0.2) is 9.97 Å². The lowest BCUT2D eigenvalue weighted by Gasteiger charge is -2.08. The van der Waals surface area contributed by atoms with E-state index in [0.29, 0.717) is 22.0 Å². The maximum absolute atomic E-state index is 5.56. The molecule has 0 bridgehead atoms. The van der Waals surface area contributed by atoms with Crippen LogP contribution in [0.4, 0.5) is 11.6 Å². The van der Waals surface area contributed by atoms with Crippen molar-refractivity contribution >= 4 is 23.4 Å². The molecular weight excluding hydrogens is 196 g/mol. The third-order valence-corrected chi connectivity index (χ3v) is 2.78. The first-order chi connectivity index (χ1) is 6.61. The van der Waals surface area contributed by atoms with E-state index < -0.39 is 0 Å². The molecule has 1 rings (SSSR count). The molecule has 0 aliphatic carbocycles. The second-order valence-corrected chi connectivity index (χ2v) is 4.62. The van der Waals surface area contributed by atoms with Crippen LogP contribution in [0.3, 0.4) is 0 Å². The molecule has 1 heterocycles. The van der Waals surface area contributed by atoms with E-state index in [-0.39, 0.29) is 0 Å². The fraction of sp³-hybridized carbons (Fsp3) is 0.556. The summed E-state index contributed by atoms with van der Waals surface area (Å²) in [4.78, 5) is 8.21. The number of hydrogen-bond donors (Lipinski definition) is 2. The average Bonchev–Trinajstić information content (AvgIpc) is 2.01. The summed E-state index contributed by atoms with van der Waals surface area (Å²) in [5, 5.41) is 1.17. The lowest BCUT2D eigenvalue weighted by atomic mass is 10.3. The summed E-state index contributed by atoms with van der Waals surface area (Å²) >= 11 is 1.61. The van der Waals surface area contributed by atoms with Crippen molar-refractivity contribution in [3.63, 3.8) is 0 Å². The Balaban J connectivity index is 2.66. The van der Waals surface area contributed by atoms with Crippen LogP contribution in [0.5, 0.6) is 0 Å². The fourth-order valence-electron chi connectivity index (χ4n) is 1.16. The molecule has 1 aromatic heterocycles. The largest absolute Gasteiger partial charge is 0.383 e. The number of aromatic nitrogens is 2. The highest BCUT2D eigenvalue weighted by Gasteiger charge is 2.07. The van der Waals surface area contributed by atoms with Crippen molar-refractivity contribution in [2.24, 2.45) is 0 Å². The zero-order valence-corrected chi connectivity index (χ0v) is 9.34. The van der Waals surface area contributed by atoms with Crippen molar-refractivity contribution in [1.82, 2.24) is 9.97 Å². The van der Waals surface area contributed by atoms with E-state index in [4.69, 9.17) is 11.5 Å². The lowest BCUT2D eigenvalue weighted by molar-refractivity contribution is 0.782. The summed E-state index contributed by atoms with van der Waals surface area (Å²) in [7, 11) is 0. The minimum Gasteiger partial charge on any atom is -0.383 e. The van der Waals surface area contributed by atoms with E-state index in [1.54, 1.807) is 17.8 Å². The van der Waals surface area contributed by atoms with E-state index >= 15 is 0 Å². The van der Waals surface area contributed by atoms with Gasteiger partial charge in [-0.15, -0.1) is 0 Å². The van der Waals surface area contributed by atoms with Gasteiger partial charge in [0.25, 0.3) is 0 Å². The lowest BCUT2D eigenvalue weighted by Crippen LogP contribution is -2.02. The molecule has 0 radical (unpaired) electrons. The molecule has 0 spiro atoms. The number of nitrogens with two attached hydrogens (primary N) is 2. The first-order valence-corrected chi connectivity index (χ1v) is 5.56. The van der Waals surface area contributed by atoms with Gasteiger partial charge < -0.3 is 11.5 Å². The fourth-order valence-corrected chi connectivity index (χ4v) is 2.19. The van der Waals surface area contributed by atoms with Gasteiger partial charge in [-0.2, -0.15) is 0 Å². The van der Waals surface area contributed by atoms with Crippen LogP contribution < -0.4 is 11.5 Å². The standard InChI is InChI=1S/C9H16N4S/c1-3-4-6(2)14-9-12-7(10)5-8(11)13-9/h5-6H,3-4H2,1-2H3,(H4,10,11,12,13). The maximum Gasteiger partial charge on any atom is 0.191 e. The highest BCUT2D eigenvalue weighted by Crippen LogP contribution is 2.23. The molecular formula is C9H16N4S. The second-order valence-electron chi connectivity index (χ2n) is 3.22. The first kappa shape index (κ1) is 11.1. The van der Waals surface area contributed by atoms with Crippen molar-refractivity contribution in [3.05, 3.63) is 6.07 Å². The molecule has 0 amide bonds. The Morgan fingerprint density at radius 3 is 2.43 bits per heavy atom. The monoisotopic (exact) mass is 212 g/mol. The van der Waals surface area contributed by atoms with Crippen molar-refractivity contribution in [3.8, 4) is 0 Å². The van der Waals surface area contributed by atoms with Crippen molar-refractivity contribution in [2.75, 3.05) is 11.5 Å². The zero-order valence-electron chi connectivity index (χ0n) is 8.53. The number of hydrogen-bond acceptors (Lipinski definition) is 5. The Hall–Kier alpha value is -0.970. The third kappa shape index (κ3) is 3.41. The number of rotatable bonds is 4. The van der Waals surface area contributed by atoms with Crippen LogP contribution in [0.25, 0.3) is 0 Å². The number of nitrogen functional groups attached to an aromatic ring is 2. The first-order valence-electron chi connectivity index (χ1n) is 4.68. The Kier molecular flexibility index (Phi) is 4.00. The van der Waals surface area contributed by atoms with Crippen LogP contribution in [-0.2, 0) is 0 Å². The van der Waals surface area contributed by atoms with Crippen molar-refractivity contribution < 1.29 is 0 Å². The summed E-state index contributed by atoms with van der Waals surface area (Å²) in [5.74, 6) is 0.868. The minimum atomic E-state index is 0.434.